The van der Waals surface area contributed by atoms with Gasteiger partial charge in [0.25, 0.3) is 0 Å². The van der Waals surface area contributed by atoms with Crippen LogP contribution in [-0.4, -0.2) is 36.1 Å². The summed E-state index contributed by atoms with van der Waals surface area (Å²) >= 11 is 0. The number of hydrogen-bond donors (Lipinski definition) is 2. The molecule has 0 aromatic heterocycles. The van der Waals surface area contributed by atoms with Gasteiger partial charge in [0.15, 0.2) is 0 Å². The number of benzene rings is 1. The Morgan fingerprint density at radius 3 is 2.78 bits per heavy atom. The van der Waals surface area contributed by atoms with E-state index in [0.717, 1.165) is 12.0 Å². The fraction of sp³-hybridized carbons (Fsp3) is 0.462. The monoisotopic (exact) mass is 252 g/mol. The van der Waals surface area contributed by atoms with Crippen LogP contribution >= 0.6 is 0 Å². The first-order chi connectivity index (χ1) is 8.52. The molecule has 0 fully saturated rings. The summed E-state index contributed by atoms with van der Waals surface area (Å²) in [5.74, 6) is 0.426. The molecule has 1 aromatic carbocycles. The smallest absolute Gasteiger partial charge is 0.231 e. The maximum Gasteiger partial charge on any atom is 0.231 e. The molecule has 1 amide bonds. The van der Waals surface area contributed by atoms with Crippen molar-refractivity contribution in [1.29, 1.82) is 0 Å². The minimum Gasteiger partial charge on any atom is -0.507 e. The normalized spacial score (nSPS) is 10.6. The van der Waals surface area contributed by atoms with Gasteiger partial charge in [0, 0.05) is 18.2 Å². The molecule has 5 nitrogen and oxygen atoms in total. The molecule has 100 valence electrons. The summed E-state index contributed by atoms with van der Waals surface area (Å²) in [5.41, 5.74) is 5.84. The molecule has 0 unspecified atom stereocenters. The summed E-state index contributed by atoms with van der Waals surface area (Å²) in [5, 5.41) is 9.85. The van der Waals surface area contributed by atoms with Crippen LogP contribution in [0.1, 0.15) is 18.9 Å². The average molecular weight is 252 g/mol. The number of primary amides is 1. The van der Waals surface area contributed by atoms with Crippen LogP contribution in [0.25, 0.3) is 0 Å². The van der Waals surface area contributed by atoms with E-state index in [9.17, 15) is 9.90 Å². The minimum atomic E-state index is -0.389. The summed E-state index contributed by atoms with van der Waals surface area (Å²) < 4.78 is 5.41. The number of likely N-dealkylation sites (N-methyl/N-ethyl adjacent to an activating group) is 1. The number of phenolic OH excluding ortho intramolecular Hbond substituents is 1. The van der Waals surface area contributed by atoms with E-state index >= 15 is 0 Å². The molecule has 3 N–H and O–H groups in total. The lowest BCUT2D eigenvalue weighted by molar-refractivity contribution is -0.118. The fourth-order valence-electron chi connectivity index (χ4n) is 1.60. The molecule has 0 saturated carbocycles. The second kappa shape index (κ2) is 6.86. The predicted molar refractivity (Wildman–Crippen MR) is 69.4 cm³/mol. The Morgan fingerprint density at radius 2 is 2.22 bits per heavy atom. The Kier molecular flexibility index (Phi) is 5.45. The van der Waals surface area contributed by atoms with Crippen molar-refractivity contribution in [2.24, 2.45) is 5.73 Å². The molecule has 1 aromatic rings. The number of nitrogens with zero attached hydrogens (tertiary/aromatic N) is 1. The topological polar surface area (TPSA) is 75.8 Å². The second-order valence-electron chi connectivity index (χ2n) is 4.28. The van der Waals surface area contributed by atoms with Gasteiger partial charge in [0.1, 0.15) is 11.5 Å². The molecule has 0 atom stereocenters. The van der Waals surface area contributed by atoms with Gasteiger partial charge >= 0.3 is 0 Å². The number of aromatic hydroxyl groups is 1. The Labute approximate surface area is 107 Å². The van der Waals surface area contributed by atoms with Gasteiger partial charge < -0.3 is 15.6 Å². The lowest BCUT2D eigenvalue weighted by Gasteiger charge is -2.16. The van der Waals surface area contributed by atoms with Crippen LogP contribution in [0.3, 0.4) is 0 Å². The van der Waals surface area contributed by atoms with Crippen LogP contribution in [0.5, 0.6) is 11.5 Å². The molecule has 0 spiro atoms. The maximum atomic E-state index is 10.8. The van der Waals surface area contributed by atoms with Gasteiger partial charge in [-0.1, -0.05) is 13.0 Å². The lowest BCUT2D eigenvalue weighted by Crippen LogP contribution is -2.30. The van der Waals surface area contributed by atoms with Crippen molar-refractivity contribution in [2.45, 2.75) is 19.9 Å². The Hall–Kier alpha value is -1.75. The van der Waals surface area contributed by atoms with E-state index in [4.69, 9.17) is 10.5 Å². The Morgan fingerprint density at radius 1 is 1.50 bits per heavy atom. The summed E-state index contributed by atoms with van der Waals surface area (Å²) in [4.78, 5) is 12.5. The van der Waals surface area contributed by atoms with Crippen molar-refractivity contribution in [1.82, 2.24) is 4.90 Å². The quantitative estimate of drug-likeness (QED) is 0.762. The van der Waals surface area contributed by atoms with Crippen molar-refractivity contribution < 1.29 is 14.6 Å². The van der Waals surface area contributed by atoms with E-state index in [-0.39, 0.29) is 18.2 Å². The predicted octanol–water partition coefficient (Wildman–Crippen LogP) is 1.10. The first-order valence-corrected chi connectivity index (χ1v) is 5.94. The molecule has 0 saturated heterocycles. The standard InChI is InChI=1S/C13H20N2O3/c1-3-6-18-11-5-4-10(12(16)7-11)8-15(2)9-13(14)17/h4-5,7,16H,3,6,8-9H2,1-2H3,(H2,14,17). The number of amides is 1. The van der Waals surface area contributed by atoms with E-state index in [1.54, 1.807) is 24.1 Å². The summed E-state index contributed by atoms with van der Waals surface area (Å²) in [6.07, 6.45) is 0.920. The zero-order valence-corrected chi connectivity index (χ0v) is 10.8. The van der Waals surface area contributed by atoms with Gasteiger partial charge in [-0.25, -0.2) is 0 Å². The van der Waals surface area contributed by atoms with Crippen LogP contribution in [0, 0.1) is 0 Å². The molecule has 5 heteroatoms. The Bertz CT molecular complexity index is 407. The van der Waals surface area contributed by atoms with E-state index in [1.165, 1.54) is 0 Å². The SMILES string of the molecule is CCCOc1ccc(CN(C)CC(N)=O)c(O)c1. The van der Waals surface area contributed by atoms with Crippen molar-refractivity contribution in [3.8, 4) is 11.5 Å². The van der Waals surface area contributed by atoms with Crippen molar-refractivity contribution in [3.05, 3.63) is 23.8 Å². The molecular weight excluding hydrogens is 232 g/mol. The van der Waals surface area contributed by atoms with Crippen molar-refractivity contribution in [2.75, 3.05) is 20.2 Å². The molecule has 1 rings (SSSR count). The van der Waals surface area contributed by atoms with Gasteiger partial charge in [-0.05, 0) is 19.5 Å². The number of carbonyl (C=O) groups excluding carboxylic acids is 1. The first kappa shape index (κ1) is 14.3. The summed E-state index contributed by atoms with van der Waals surface area (Å²) in [6.45, 7) is 3.27. The van der Waals surface area contributed by atoms with Crippen LogP contribution in [0.15, 0.2) is 18.2 Å². The van der Waals surface area contributed by atoms with Crippen LogP contribution in [0.2, 0.25) is 0 Å². The van der Waals surface area contributed by atoms with Crippen LogP contribution in [-0.2, 0) is 11.3 Å². The molecule has 0 aliphatic carbocycles. The minimum absolute atomic E-state index is 0.160. The number of hydrogen-bond acceptors (Lipinski definition) is 4. The van der Waals surface area contributed by atoms with E-state index < -0.39 is 0 Å². The number of rotatable bonds is 7. The lowest BCUT2D eigenvalue weighted by atomic mass is 10.2. The molecule has 0 radical (unpaired) electrons. The highest BCUT2D eigenvalue weighted by atomic mass is 16.5. The van der Waals surface area contributed by atoms with Crippen molar-refractivity contribution in [3.63, 3.8) is 0 Å². The van der Waals surface area contributed by atoms with Gasteiger partial charge in [-0.3, -0.25) is 9.69 Å². The number of carbonyl (C=O) groups is 1. The highest BCUT2D eigenvalue weighted by molar-refractivity contribution is 5.75. The van der Waals surface area contributed by atoms with Crippen LogP contribution in [0.4, 0.5) is 0 Å². The maximum absolute atomic E-state index is 10.8. The zero-order valence-electron chi connectivity index (χ0n) is 10.8. The molecule has 0 aliphatic rings. The molecular formula is C13H20N2O3. The molecule has 0 bridgehead atoms. The fourth-order valence-corrected chi connectivity index (χ4v) is 1.60. The van der Waals surface area contributed by atoms with E-state index in [0.29, 0.717) is 18.9 Å². The number of ether oxygens (including phenoxy) is 1. The van der Waals surface area contributed by atoms with Gasteiger partial charge in [0.05, 0.1) is 13.2 Å². The van der Waals surface area contributed by atoms with Gasteiger partial charge in [-0.2, -0.15) is 0 Å². The third kappa shape index (κ3) is 4.63. The third-order valence-corrected chi connectivity index (χ3v) is 2.40. The zero-order chi connectivity index (χ0) is 13.5. The summed E-state index contributed by atoms with van der Waals surface area (Å²) in [7, 11) is 1.77. The molecule has 0 aliphatic heterocycles. The largest absolute Gasteiger partial charge is 0.507 e. The van der Waals surface area contributed by atoms with E-state index in [1.807, 2.05) is 13.0 Å². The number of phenols is 1. The van der Waals surface area contributed by atoms with E-state index in [2.05, 4.69) is 0 Å². The first-order valence-electron chi connectivity index (χ1n) is 5.94. The van der Waals surface area contributed by atoms with Gasteiger partial charge in [0.2, 0.25) is 5.91 Å². The number of nitrogens with two attached hydrogens (primary N) is 1. The summed E-state index contributed by atoms with van der Waals surface area (Å²) in [6, 6.07) is 5.18. The van der Waals surface area contributed by atoms with Crippen molar-refractivity contribution >= 4 is 5.91 Å². The highest BCUT2D eigenvalue weighted by Crippen LogP contribution is 2.24. The molecule has 0 heterocycles. The highest BCUT2D eigenvalue weighted by Gasteiger charge is 2.08. The third-order valence-electron chi connectivity index (χ3n) is 2.40. The molecule has 18 heavy (non-hydrogen) atoms. The second-order valence-corrected chi connectivity index (χ2v) is 4.28. The van der Waals surface area contributed by atoms with Crippen LogP contribution < -0.4 is 10.5 Å². The van der Waals surface area contributed by atoms with Gasteiger partial charge in [-0.15, -0.1) is 0 Å². The Balaban J connectivity index is 2.64. The average Bonchev–Trinajstić information content (AvgIpc) is 2.28.